The molecule has 0 bridgehead atoms. The SMILES string of the molecule is C=CC=C1/C(=C\C=C)C(CC)NCC(C)C1C. The first-order chi connectivity index (χ1) is 8.15. The van der Waals surface area contributed by atoms with Crippen LogP contribution in [0.4, 0.5) is 0 Å². The van der Waals surface area contributed by atoms with Crippen molar-refractivity contribution in [3.05, 3.63) is 48.6 Å². The van der Waals surface area contributed by atoms with Crippen molar-refractivity contribution >= 4 is 0 Å². The van der Waals surface area contributed by atoms with E-state index >= 15 is 0 Å². The number of allylic oxidation sites excluding steroid dienone is 4. The van der Waals surface area contributed by atoms with Gasteiger partial charge in [0.25, 0.3) is 0 Å². The Bertz CT molecular complexity index is 319. The zero-order chi connectivity index (χ0) is 12.8. The van der Waals surface area contributed by atoms with Crippen molar-refractivity contribution in [2.75, 3.05) is 6.54 Å². The maximum Gasteiger partial charge on any atom is 0.0320 e. The highest BCUT2D eigenvalue weighted by molar-refractivity contribution is 5.41. The quantitative estimate of drug-likeness (QED) is 0.777. The molecular weight excluding hydrogens is 206 g/mol. The van der Waals surface area contributed by atoms with Crippen molar-refractivity contribution in [1.82, 2.24) is 5.32 Å². The van der Waals surface area contributed by atoms with E-state index in [1.807, 2.05) is 12.2 Å². The molecular formula is C16H25N. The topological polar surface area (TPSA) is 12.0 Å². The minimum atomic E-state index is 0.437. The van der Waals surface area contributed by atoms with Crippen LogP contribution in [0.5, 0.6) is 0 Å². The van der Waals surface area contributed by atoms with E-state index in [1.54, 1.807) is 0 Å². The highest BCUT2D eigenvalue weighted by atomic mass is 14.9. The first-order valence-electron chi connectivity index (χ1n) is 6.54. The highest BCUT2D eigenvalue weighted by Gasteiger charge is 2.27. The fourth-order valence-corrected chi connectivity index (χ4v) is 2.46. The molecule has 3 unspecified atom stereocenters. The lowest BCUT2D eigenvalue weighted by atomic mass is 9.83. The third-order valence-electron chi connectivity index (χ3n) is 3.74. The fourth-order valence-electron chi connectivity index (χ4n) is 2.46. The van der Waals surface area contributed by atoms with E-state index in [4.69, 9.17) is 0 Å². The second-order valence-electron chi connectivity index (χ2n) is 4.85. The Kier molecular flexibility index (Phi) is 5.43. The first-order valence-corrected chi connectivity index (χ1v) is 6.54. The van der Waals surface area contributed by atoms with E-state index in [0.717, 1.165) is 13.0 Å². The maximum absolute atomic E-state index is 3.84. The Morgan fingerprint density at radius 3 is 2.29 bits per heavy atom. The van der Waals surface area contributed by atoms with Gasteiger partial charge in [0.2, 0.25) is 0 Å². The van der Waals surface area contributed by atoms with Crippen LogP contribution in [0.25, 0.3) is 0 Å². The second-order valence-corrected chi connectivity index (χ2v) is 4.85. The van der Waals surface area contributed by atoms with E-state index in [1.165, 1.54) is 11.1 Å². The predicted molar refractivity (Wildman–Crippen MR) is 77.0 cm³/mol. The van der Waals surface area contributed by atoms with Crippen LogP contribution in [0, 0.1) is 11.8 Å². The summed E-state index contributed by atoms with van der Waals surface area (Å²) in [6.45, 7) is 15.6. The minimum absolute atomic E-state index is 0.437. The molecule has 0 spiro atoms. The van der Waals surface area contributed by atoms with E-state index in [-0.39, 0.29) is 0 Å². The van der Waals surface area contributed by atoms with Crippen LogP contribution in [0.3, 0.4) is 0 Å². The Balaban J connectivity index is 3.21. The van der Waals surface area contributed by atoms with Gasteiger partial charge in [-0.3, -0.25) is 0 Å². The molecule has 3 atom stereocenters. The van der Waals surface area contributed by atoms with Crippen molar-refractivity contribution in [1.29, 1.82) is 0 Å². The van der Waals surface area contributed by atoms with E-state index in [9.17, 15) is 0 Å². The van der Waals surface area contributed by atoms with Gasteiger partial charge in [0, 0.05) is 6.04 Å². The molecule has 0 aromatic rings. The van der Waals surface area contributed by atoms with Gasteiger partial charge in [-0.2, -0.15) is 0 Å². The van der Waals surface area contributed by atoms with Gasteiger partial charge in [-0.15, -0.1) is 0 Å². The molecule has 0 aromatic heterocycles. The monoisotopic (exact) mass is 231 g/mol. The van der Waals surface area contributed by atoms with Crippen molar-refractivity contribution in [2.45, 2.75) is 33.2 Å². The van der Waals surface area contributed by atoms with Gasteiger partial charge in [0.05, 0.1) is 0 Å². The maximum atomic E-state index is 3.84. The molecule has 0 saturated carbocycles. The summed E-state index contributed by atoms with van der Waals surface area (Å²) in [5.41, 5.74) is 2.78. The Morgan fingerprint density at radius 1 is 1.18 bits per heavy atom. The lowest BCUT2D eigenvalue weighted by Crippen LogP contribution is -2.31. The number of rotatable bonds is 3. The predicted octanol–water partition coefficient (Wildman–Crippen LogP) is 3.87. The fraction of sp³-hybridized carbons (Fsp3) is 0.500. The molecule has 1 fully saturated rings. The van der Waals surface area contributed by atoms with Gasteiger partial charge in [0.15, 0.2) is 0 Å². The van der Waals surface area contributed by atoms with Gasteiger partial charge in [-0.25, -0.2) is 0 Å². The average molecular weight is 231 g/mol. The van der Waals surface area contributed by atoms with Crippen LogP contribution < -0.4 is 5.32 Å². The summed E-state index contributed by atoms with van der Waals surface area (Å²) in [7, 11) is 0. The smallest absolute Gasteiger partial charge is 0.0320 e. The molecule has 1 aliphatic heterocycles. The minimum Gasteiger partial charge on any atom is -0.310 e. The van der Waals surface area contributed by atoms with Crippen LogP contribution >= 0.6 is 0 Å². The highest BCUT2D eigenvalue weighted by Crippen LogP contribution is 2.32. The molecule has 1 nitrogen and oxygen atoms in total. The standard InChI is InChI=1S/C16H25N/c1-6-9-14-13(5)12(4)11-17-16(8-3)15(14)10-7-2/h6-7,9-10,12-13,16-17H,1-2,8,11H2,3-5H3/b14-9?,15-10+. The van der Waals surface area contributed by atoms with Crippen molar-refractivity contribution in [2.24, 2.45) is 11.8 Å². The number of nitrogens with one attached hydrogen (secondary N) is 1. The summed E-state index contributed by atoms with van der Waals surface area (Å²) in [4.78, 5) is 0. The number of hydrogen-bond acceptors (Lipinski definition) is 1. The molecule has 94 valence electrons. The van der Waals surface area contributed by atoms with E-state index < -0.39 is 0 Å². The van der Waals surface area contributed by atoms with Gasteiger partial charge in [-0.1, -0.05) is 58.2 Å². The van der Waals surface area contributed by atoms with Crippen LogP contribution in [-0.2, 0) is 0 Å². The lowest BCUT2D eigenvalue weighted by molar-refractivity contribution is 0.424. The van der Waals surface area contributed by atoms with Crippen molar-refractivity contribution in [3.63, 3.8) is 0 Å². The third kappa shape index (κ3) is 3.19. The molecule has 1 rings (SSSR count). The zero-order valence-electron chi connectivity index (χ0n) is 11.4. The lowest BCUT2D eigenvalue weighted by Gasteiger charge is -2.21. The molecule has 17 heavy (non-hydrogen) atoms. The average Bonchev–Trinajstić information content (AvgIpc) is 2.43. The Morgan fingerprint density at radius 2 is 1.76 bits per heavy atom. The first kappa shape index (κ1) is 14.0. The Hall–Kier alpha value is -1.08. The molecule has 1 heteroatoms. The van der Waals surface area contributed by atoms with Crippen LogP contribution in [0.1, 0.15) is 27.2 Å². The molecule has 1 heterocycles. The van der Waals surface area contributed by atoms with Crippen LogP contribution in [0.2, 0.25) is 0 Å². The molecule has 1 aliphatic rings. The normalized spacial score (nSPS) is 34.6. The summed E-state index contributed by atoms with van der Waals surface area (Å²) >= 11 is 0. The second kappa shape index (κ2) is 6.61. The van der Waals surface area contributed by atoms with Gasteiger partial charge in [-0.05, 0) is 35.9 Å². The zero-order valence-corrected chi connectivity index (χ0v) is 11.4. The van der Waals surface area contributed by atoms with Gasteiger partial charge < -0.3 is 5.32 Å². The van der Waals surface area contributed by atoms with Crippen LogP contribution in [-0.4, -0.2) is 12.6 Å². The molecule has 0 radical (unpaired) electrons. The molecule has 1 saturated heterocycles. The summed E-state index contributed by atoms with van der Waals surface area (Å²) in [5, 5.41) is 3.64. The molecule has 1 N–H and O–H groups in total. The summed E-state index contributed by atoms with van der Waals surface area (Å²) in [5.74, 6) is 1.20. The van der Waals surface area contributed by atoms with Crippen LogP contribution in [0.15, 0.2) is 48.6 Å². The van der Waals surface area contributed by atoms with Gasteiger partial charge in [0.1, 0.15) is 0 Å². The molecule has 0 amide bonds. The molecule has 0 aliphatic carbocycles. The largest absolute Gasteiger partial charge is 0.310 e. The third-order valence-corrected chi connectivity index (χ3v) is 3.74. The van der Waals surface area contributed by atoms with E-state index in [2.05, 4.69) is 51.4 Å². The summed E-state index contributed by atoms with van der Waals surface area (Å²) in [6, 6.07) is 0.437. The van der Waals surface area contributed by atoms with Crippen molar-refractivity contribution in [3.8, 4) is 0 Å². The summed E-state index contributed by atoms with van der Waals surface area (Å²) in [6.07, 6.45) is 9.19. The number of hydrogen-bond donors (Lipinski definition) is 1. The van der Waals surface area contributed by atoms with E-state index in [0.29, 0.717) is 17.9 Å². The van der Waals surface area contributed by atoms with Crippen molar-refractivity contribution < 1.29 is 0 Å². The van der Waals surface area contributed by atoms with Gasteiger partial charge >= 0.3 is 0 Å². The Labute approximate surface area is 106 Å². The molecule has 0 aromatic carbocycles. The summed E-state index contributed by atoms with van der Waals surface area (Å²) < 4.78 is 0.